The molecule has 0 aliphatic carbocycles. The number of anilines is 2. The maximum atomic E-state index is 3.70. The molecule has 0 atom stereocenters. The van der Waals surface area contributed by atoms with E-state index in [9.17, 15) is 0 Å². The highest BCUT2D eigenvalue weighted by Gasteiger charge is 2.33. The summed E-state index contributed by atoms with van der Waals surface area (Å²) < 4.78 is 0. The highest BCUT2D eigenvalue weighted by molar-refractivity contribution is 7.20. The van der Waals surface area contributed by atoms with Gasteiger partial charge >= 0.3 is 0 Å². The smallest absolute Gasteiger partial charge is 0.110 e. The maximum Gasteiger partial charge on any atom is 0.110 e. The van der Waals surface area contributed by atoms with Gasteiger partial charge in [-0.3, -0.25) is 0 Å². The molecule has 32 heavy (non-hydrogen) atoms. The summed E-state index contributed by atoms with van der Waals surface area (Å²) in [6.07, 6.45) is -1.41. The molecule has 0 saturated heterocycles. The second kappa shape index (κ2) is 8.99. The molecule has 0 aliphatic rings. The summed E-state index contributed by atoms with van der Waals surface area (Å²) in [7, 11) is 0. The van der Waals surface area contributed by atoms with Crippen LogP contribution in [0.5, 0.6) is 0 Å². The molecule has 1 nitrogen and oxygen atoms in total. The first-order valence-corrected chi connectivity index (χ1v) is 11.1. The minimum absolute atomic E-state index is 1.08. The van der Waals surface area contributed by atoms with Gasteiger partial charge < -0.3 is 5.32 Å². The van der Waals surface area contributed by atoms with Crippen molar-refractivity contribution in [3.63, 3.8) is 0 Å². The minimum Gasteiger partial charge on any atom is -0.358 e. The molecule has 0 aromatic heterocycles. The Bertz CT molecular complexity index is 1170. The molecular weight excluding hydrogens is 385 g/mol. The number of rotatable bonds is 6. The van der Waals surface area contributed by atoms with Gasteiger partial charge in [0, 0.05) is 11.4 Å². The lowest BCUT2D eigenvalue weighted by atomic mass is 9.13. The minimum atomic E-state index is -1.41. The first-order chi connectivity index (χ1) is 15.9. The van der Waals surface area contributed by atoms with Gasteiger partial charge in [0.25, 0.3) is 0 Å². The second-order valence-electron chi connectivity index (χ2n) is 8.18. The molecule has 0 unspecified atom stereocenters. The van der Waals surface area contributed by atoms with Gasteiger partial charge in [-0.15, -0.1) is 0 Å². The van der Waals surface area contributed by atoms with Gasteiger partial charge in [0.15, 0.2) is 0 Å². The molecule has 0 spiro atoms. The van der Waals surface area contributed by atoms with Crippen molar-refractivity contribution in [2.45, 2.75) is 0 Å². The van der Waals surface area contributed by atoms with Gasteiger partial charge in [0.2, 0.25) is 0 Å². The maximum absolute atomic E-state index is 3.70. The number of para-hydroxylation sites is 2. The van der Waals surface area contributed by atoms with Crippen molar-refractivity contribution >= 4 is 39.4 Å². The van der Waals surface area contributed by atoms with Crippen molar-refractivity contribution in [2.75, 3.05) is 5.32 Å². The zero-order valence-electron chi connectivity index (χ0n) is 17.9. The number of nitrogens with one attached hydrogen (secondary N) is 1. The van der Waals surface area contributed by atoms with Crippen molar-refractivity contribution in [1.82, 2.24) is 0 Å². The van der Waals surface area contributed by atoms with Crippen molar-refractivity contribution in [2.24, 2.45) is 0 Å². The second-order valence-corrected chi connectivity index (χ2v) is 8.18. The van der Waals surface area contributed by atoms with E-state index < -0.39 is 6.15 Å². The Balaban J connectivity index is 1.84. The third kappa shape index (κ3) is 3.61. The van der Waals surface area contributed by atoms with Gasteiger partial charge in [-0.1, -0.05) is 127 Å². The largest absolute Gasteiger partial charge is 0.358 e. The Labute approximate surface area is 190 Å². The monoisotopic (exact) mass is 410 g/mol. The van der Waals surface area contributed by atoms with Crippen LogP contribution in [0.2, 0.25) is 0 Å². The molecule has 5 aromatic carbocycles. The molecule has 0 fully saturated rings. The highest BCUT2D eigenvalue weighted by Crippen LogP contribution is 2.19. The average Bonchev–Trinajstić information content (AvgIpc) is 2.88. The third-order valence-corrected chi connectivity index (χ3v) is 6.38. The van der Waals surface area contributed by atoms with Crippen molar-refractivity contribution in [3.8, 4) is 0 Å². The average molecular weight is 410 g/mol. The molecule has 2 heteroatoms. The van der Waals surface area contributed by atoms with Gasteiger partial charge in [-0.2, -0.15) is 21.9 Å². The van der Waals surface area contributed by atoms with E-state index in [0.717, 1.165) is 11.4 Å². The first kappa shape index (κ1) is 19.9. The number of hydrogen-bond acceptors (Lipinski definition) is 1. The van der Waals surface area contributed by atoms with E-state index in [1.165, 1.54) is 21.9 Å². The Morgan fingerprint density at radius 1 is 0.375 bits per heavy atom. The van der Waals surface area contributed by atoms with Crippen LogP contribution >= 0.6 is 0 Å². The van der Waals surface area contributed by atoms with E-state index in [4.69, 9.17) is 0 Å². The van der Waals surface area contributed by atoms with Crippen molar-refractivity contribution < 1.29 is 0 Å². The van der Waals surface area contributed by atoms with Crippen LogP contribution in [0.3, 0.4) is 0 Å². The number of benzene rings is 5. The van der Waals surface area contributed by atoms with Crippen LogP contribution in [0.15, 0.2) is 146 Å². The van der Waals surface area contributed by atoms with Crippen LogP contribution in [0.4, 0.5) is 11.4 Å². The lowest BCUT2D eigenvalue weighted by Gasteiger charge is -2.45. The fourth-order valence-electron chi connectivity index (χ4n) is 5.01. The van der Waals surface area contributed by atoms with Gasteiger partial charge in [-0.05, 0) is 18.2 Å². The topological polar surface area (TPSA) is 12.0 Å². The quantitative estimate of drug-likeness (QED) is 0.397. The van der Waals surface area contributed by atoms with Crippen LogP contribution in [0, 0.1) is 0 Å². The molecule has 5 rings (SSSR count). The molecule has 154 valence electrons. The fourth-order valence-corrected chi connectivity index (χ4v) is 5.01. The molecule has 0 radical (unpaired) electrons. The zero-order valence-corrected chi connectivity index (χ0v) is 17.9. The van der Waals surface area contributed by atoms with Crippen LogP contribution in [0.1, 0.15) is 0 Å². The summed E-state index contributed by atoms with van der Waals surface area (Å²) in [5.41, 5.74) is 7.38. The normalized spacial score (nSPS) is 11.1. The Morgan fingerprint density at radius 2 is 0.750 bits per heavy atom. The first-order valence-electron chi connectivity index (χ1n) is 11.1. The molecule has 1 N–H and O–H groups in total. The Kier molecular flexibility index (Phi) is 5.59. The zero-order chi connectivity index (χ0) is 21.6. The van der Waals surface area contributed by atoms with E-state index in [1.807, 2.05) is 6.07 Å². The summed E-state index contributed by atoms with van der Waals surface area (Å²) in [4.78, 5) is 0. The molecule has 5 aromatic rings. The molecule has 0 aliphatic heterocycles. The van der Waals surface area contributed by atoms with Crippen LogP contribution in [0.25, 0.3) is 0 Å². The van der Waals surface area contributed by atoms with Gasteiger partial charge in [0.1, 0.15) is 6.15 Å². The highest BCUT2D eigenvalue weighted by atomic mass is 14.9. The molecule has 0 heterocycles. The Morgan fingerprint density at radius 3 is 1.22 bits per heavy atom. The standard InChI is InChI=1S/C30H25BN/c1-5-15-25(16-6-1)31(26-17-7-2-8-18-26,27-19-9-3-10-20-27)29-23-13-14-24-30(29)32-28-21-11-4-12-22-28/h1-24,32H/q-1. The van der Waals surface area contributed by atoms with Crippen molar-refractivity contribution in [1.29, 1.82) is 0 Å². The summed E-state index contributed by atoms with van der Waals surface area (Å²) in [6, 6.07) is 51.8. The summed E-state index contributed by atoms with van der Waals surface area (Å²) in [5, 5.41) is 3.70. The van der Waals surface area contributed by atoms with Crippen LogP contribution in [-0.2, 0) is 0 Å². The van der Waals surface area contributed by atoms with Crippen LogP contribution in [-0.4, -0.2) is 6.15 Å². The predicted octanol–water partition coefficient (Wildman–Crippen LogP) is 4.81. The fraction of sp³-hybridized carbons (Fsp3) is 0. The molecular formula is C30H25BN-. The third-order valence-electron chi connectivity index (χ3n) is 6.38. The Hall–Kier alpha value is -4.04. The molecule has 0 amide bonds. The van der Waals surface area contributed by atoms with Crippen LogP contribution < -0.4 is 27.2 Å². The predicted molar refractivity (Wildman–Crippen MR) is 140 cm³/mol. The SMILES string of the molecule is c1ccc(Nc2ccccc2[B-](c2ccccc2)(c2ccccc2)c2ccccc2)cc1. The lowest BCUT2D eigenvalue weighted by molar-refractivity contribution is 1.56. The van der Waals surface area contributed by atoms with Gasteiger partial charge in [-0.25, -0.2) is 0 Å². The lowest BCUT2D eigenvalue weighted by Crippen LogP contribution is -2.75. The van der Waals surface area contributed by atoms with E-state index in [0.29, 0.717) is 0 Å². The van der Waals surface area contributed by atoms with E-state index >= 15 is 0 Å². The molecule has 0 bridgehead atoms. The van der Waals surface area contributed by atoms with E-state index in [1.54, 1.807) is 0 Å². The van der Waals surface area contributed by atoms with Crippen molar-refractivity contribution in [3.05, 3.63) is 146 Å². The van der Waals surface area contributed by atoms with Gasteiger partial charge in [0.05, 0.1) is 0 Å². The molecule has 0 saturated carbocycles. The number of hydrogen-bond donors (Lipinski definition) is 1. The van der Waals surface area contributed by atoms with E-state index in [-0.39, 0.29) is 0 Å². The summed E-state index contributed by atoms with van der Waals surface area (Å²) >= 11 is 0. The summed E-state index contributed by atoms with van der Waals surface area (Å²) in [6.45, 7) is 0. The summed E-state index contributed by atoms with van der Waals surface area (Å²) in [5.74, 6) is 0. The van der Waals surface area contributed by atoms with E-state index in [2.05, 4.69) is 145 Å².